The van der Waals surface area contributed by atoms with E-state index in [0.717, 1.165) is 30.6 Å². The number of amides is 1. The van der Waals surface area contributed by atoms with Gasteiger partial charge in [0.2, 0.25) is 0 Å². The van der Waals surface area contributed by atoms with Gasteiger partial charge in [-0.15, -0.1) is 0 Å². The van der Waals surface area contributed by atoms with Crippen LogP contribution in [0.25, 0.3) is 0 Å². The summed E-state index contributed by atoms with van der Waals surface area (Å²) >= 11 is 6.23. The number of phenols is 1. The van der Waals surface area contributed by atoms with E-state index in [9.17, 15) is 14.7 Å². The number of carbonyl (C=O) groups excluding carboxylic acids is 1. The molecule has 0 radical (unpaired) electrons. The molecule has 32 heavy (non-hydrogen) atoms. The molecule has 6 nitrogen and oxygen atoms in total. The Bertz CT molecular complexity index is 1100. The summed E-state index contributed by atoms with van der Waals surface area (Å²) in [6.45, 7) is 4.85. The summed E-state index contributed by atoms with van der Waals surface area (Å²) < 4.78 is 2.10. The van der Waals surface area contributed by atoms with Crippen molar-refractivity contribution in [2.75, 3.05) is 5.32 Å². The van der Waals surface area contributed by atoms with Crippen molar-refractivity contribution < 1.29 is 19.8 Å². The number of aliphatic carboxylic acids is 1. The normalized spacial score (nSPS) is 11.0. The van der Waals surface area contributed by atoms with Crippen molar-refractivity contribution in [3.8, 4) is 5.75 Å². The highest BCUT2D eigenvalue weighted by atomic mass is 35.5. The number of aromatic nitrogens is 1. The topological polar surface area (TPSA) is 91.6 Å². The fourth-order valence-corrected chi connectivity index (χ4v) is 3.94. The Hall–Kier alpha value is -3.25. The molecule has 7 heteroatoms. The molecule has 0 aliphatic heterocycles. The van der Waals surface area contributed by atoms with Crippen LogP contribution < -0.4 is 5.32 Å². The van der Waals surface area contributed by atoms with Crippen molar-refractivity contribution in [2.45, 2.75) is 45.6 Å². The summed E-state index contributed by atoms with van der Waals surface area (Å²) in [7, 11) is 0. The second kappa shape index (κ2) is 10.4. The number of rotatable bonds is 9. The molecule has 1 amide bonds. The summed E-state index contributed by atoms with van der Waals surface area (Å²) in [5.74, 6) is -0.838. The van der Waals surface area contributed by atoms with Crippen LogP contribution in [0.3, 0.4) is 0 Å². The Morgan fingerprint density at radius 3 is 2.41 bits per heavy atom. The molecule has 0 saturated carbocycles. The number of anilines is 1. The van der Waals surface area contributed by atoms with Crippen molar-refractivity contribution >= 4 is 29.2 Å². The van der Waals surface area contributed by atoms with E-state index < -0.39 is 5.97 Å². The number of carboxylic acid groups (broad SMARTS) is 1. The van der Waals surface area contributed by atoms with Crippen LogP contribution in [0.5, 0.6) is 5.75 Å². The number of hydrogen-bond acceptors (Lipinski definition) is 3. The highest BCUT2D eigenvalue weighted by molar-refractivity contribution is 6.34. The van der Waals surface area contributed by atoms with Gasteiger partial charge in [0.1, 0.15) is 5.75 Å². The number of benzene rings is 2. The molecule has 168 valence electrons. The molecule has 0 spiro atoms. The third-order valence-corrected chi connectivity index (χ3v) is 5.56. The number of carbonyl (C=O) groups is 2. The first-order chi connectivity index (χ1) is 15.2. The average molecular weight is 455 g/mol. The van der Waals surface area contributed by atoms with E-state index in [2.05, 4.69) is 9.88 Å². The number of carboxylic acids is 1. The maximum atomic E-state index is 13.0. The van der Waals surface area contributed by atoms with Crippen LogP contribution in [-0.4, -0.2) is 26.7 Å². The molecule has 1 heterocycles. The van der Waals surface area contributed by atoms with Gasteiger partial charge in [0.05, 0.1) is 22.7 Å². The second-order valence-corrected chi connectivity index (χ2v) is 8.48. The lowest BCUT2D eigenvalue weighted by Crippen LogP contribution is -2.16. The first-order valence-corrected chi connectivity index (χ1v) is 10.9. The molecule has 0 unspecified atom stereocenters. The molecule has 0 saturated heterocycles. The average Bonchev–Trinajstić information content (AvgIpc) is 3.16. The minimum absolute atomic E-state index is 0.133. The van der Waals surface area contributed by atoms with E-state index in [1.807, 2.05) is 32.2 Å². The summed E-state index contributed by atoms with van der Waals surface area (Å²) in [4.78, 5) is 24.0. The fraction of sp³-hybridized carbons (Fsp3) is 0.280. The van der Waals surface area contributed by atoms with Gasteiger partial charge in [0, 0.05) is 18.4 Å². The third-order valence-electron chi connectivity index (χ3n) is 5.23. The van der Waals surface area contributed by atoms with Crippen molar-refractivity contribution in [3.05, 3.63) is 82.1 Å². The number of hydrogen-bond donors (Lipinski definition) is 3. The number of nitrogens with zero attached hydrogens (tertiary/aromatic N) is 1. The minimum Gasteiger partial charge on any atom is -0.508 e. The SMILES string of the molecule is CC(C)c1c(C(=O)Nc2cc(CC(=O)O)ccc2Cl)ccn1CCCc1ccc(O)cc1. The Labute approximate surface area is 192 Å². The van der Waals surface area contributed by atoms with Crippen molar-refractivity contribution in [1.82, 2.24) is 4.57 Å². The van der Waals surface area contributed by atoms with Crippen LogP contribution in [0.4, 0.5) is 5.69 Å². The molecule has 3 aromatic rings. The van der Waals surface area contributed by atoms with Gasteiger partial charge in [-0.3, -0.25) is 9.59 Å². The summed E-state index contributed by atoms with van der Waals surface area (Å²) in [6, 6.07) is 13.8. The van der Waals surface area contributed by atoms with Gasteiger partial charge < -0.3 is 20.1 Å². The highest BCUT2D eigenvalue weighted by Crippen LogP contribution is 2.27. The summed E-state index contributed by atoms with van der Waals surface area (Å²) in [5.41, 5.74) is 3.61. The Balaban J connectivity index is 1.73. The van der Waals surface area contributed by atoms with Crippen LogP contribution in [0, 0.1) is 0 Å². The van der Waals surface area contributed by atoms with E-state index in [4.69, 9.17) is 16.7 Å². The van der Waals surface area contributed by atoms with Gasteiger partial charge in [-0.25, -0.2) is 0 Å². The molecule has 0 bridgehead atoms. The summed E-state index contributed by atoms with van der Waals surface area (Å²) in [6.07, 6.45) is 3.53. The zero-order valence-electron chi connectivity index (χ0n) is 18.1. The van der Waals surface area contributed by atoms with Crippen molar-refractivity contribution in [1.29, 1.82) is 0 Å². The number of nitrogens with one attached hydrogen (secondary N) is 1. The summed E-state index contributed by atoms with van der Waals surface area (Å²) in [5, 5.41) is 21.6. The molecule has 0 aliphatic carbocycles. The quantitative estimate of drug-likeness (QED) is 0.399. The van der Waals surface area contributed by atoms with Crippen LogP contribution in [0.1, 0.15) is 53.4 Å². The highest BCUT2D eigenvalue weighted by Gasteiger charge is 2.19. The maximum absolute atomic E-state index is 13.0. The number of phenolic OH excluding ortho intramolecular Hbond substituents is 1. The van der Waals surface area contributed by atoms with E-state index in [-0.39, 0.29) is 24.0 Å². The molecule has 0 aliphatic rings. The van der Waals surface area contributed by atoms with Gasteiger partial charge >= 0.3 is 5.97 Å². The zero-order chi connectivity index (χ0) is 23.3. The van der Waals surface area contributed by atoms with Gasteiger partial charge in [-0.1, -0.05) is 43.6 Å². The van der Waals surface area contributed by atoms with Gasteiger partial charge in [-0.05, 0) is 60.2 Å². The van der Waals surface area contributed by atoms with Gasteiger partial charge in [0.15, 0.2) is 0 Å². The van der Waals surface area contributed by atoms with Crippen LogP contribution >= 0.6 is 11.6 Å². The lowest BCUT2D eigenvalue weighted by Gasteiger charge is -2.15. The molecule has 2 aromatic carbocycles. The van der Waals surface area contributed by atoms with Crippen LogP contribution in [0.2, 0.25) is 5.02 Å². The molecule has 3 rings (SSSR count). The lowest BCUT2D eigenvalue weighted by molar-refractivity contribution is -0.136. The molecule has 0 fully saturated rings. The van der Waals surface area contributed by atoms with E-state index in [1.165, 1.54) is 0 Å². The fourth-order valence-electron chi connectivity index (χ4n) is 3.77. The van der Waals surface area contributed by atoms with Gasteiger partial charge in [-0.2, -0.15) is 0 Å². The van der Waals surface area contributed by atoms with Crippen molar-refractivity contribution in [2.24, 2.45) is 0 Å². The first kappa shape index (κ1) is 23.4. The van der Waals surface area contributed by atoms with E-state index >= 15 is 0 Å². The van der Waals surface area contributed by atoms with Crippen LogP contribution in [0.15, 0.2) is 54.7 Å². The molecule has 3 N–H and O–H groups in total. The minimum atomic E-state index is -0.948. The second-order valence-electron chi connectivity index (χ2n) is 8.07. The predicted molar refractivity (Wildman–Crippen MR) is 126 cm³/mol. The van der Waals surface area contributed by atoms with E-state index in [0.29, 0.717) is 21.8 Å². The maximum Gasteiger partial charge on any atom is 0.307 e. The zero-order valence-corrected chi connectivity index (χ0v) is 18.9. The largest absolute Gasteiger partial charge is 0.508 e. The Morgan fingerprint density at radius 1 is 1.06 bits per heavy atom. The predicted octanol–water partition coefficient (Wildman–Crippen LogP) is 5.48. The van der Waals surface area contributed by atoms with Crippen LogP contribution in [-0.2, 0) is 24.2 Å². The monoisotopic (exact) mass is 454 g/mol. The number of aromatic hydroxyl groups is 1. The standard InChI is InChI=1S/C25H27ClN2O4/c1-16(2)24-20(11-13-28(24)12-3-4-17-5-8-19(29)9-6-17)25(32)27-22-14-18(15-23(30)31)7-10-21(22)26/h5-11,13-14,16,29H,3-4,12,15H2,1-2H3,(H,27,32)(H,30,31). The lowest BCUT2D eigenvalue weighted by atomic mass is 10.0. The molecule has 0 atom stereocenters. The molecular formula is C25H27ClN2O4. The van der Waals surface area contributed by atoms with Crippen molar-refractivity contribution in [3.63, 3.8) is 0 Å². The molecular weight excluding hydrogens is 428 g/mol. The number of aryl methyl sites for hydroxylation is 2. The molecule has 1 aromatic heterocycles. The number of halogens is 1. The smallest absolute Gasteiger partial charge is 0.307 e. The van der Waals surface area contributed by atoms with Gasteiger partial charge in [0.25, 0.3) is 5.91 Å². The van der Waals surface area contributed by atoms with E-state index in [1.54, 1.807) is 36.4 Å². The Kier molecular flexibility index (Phi) is 7.59. The first-order valence-electron chi connectivity index (χ1n) is 10.5. The Morgan fingerprint density at radius 2 is 1.75 bits per heavy atom. The third kappa shape index (κ3) is 5.92.